The highest BCUT2D eigenvalue weighted by atomic mass is 19.4. The number of anilines is 2. The van der Waals surface area contributed by atoms with Crippen LogP contribution in [0.15, 0.2) is 6.07 Å². The Bertz CT molecular complexity index is 495. The third-order valence-corrected chi connectivity index (χ3v) is 3.52. The molecule has 2 rings (SSSR count). The third-order valence-electron chi connectivity index (χ3n) is 3.52. The molecule has 1 aliphatic rings. The average molecular weight is 304 g/mol. The van der Waals surface area contributed by atoms with E-state index < -0.39 is 12.0 Å². The van der Waals surface area contributed by atoms with E-state index >= 15 is 0 Å². The summed E-state index contributed by atoms with van der Waals surface area (Å²) < 4.78 is 44.2. The Morgan fingerprint density at radius 3 is 2.67 bits per heavy atom. The summed E-state index contributed by atoms with van der Waals surface area (Å²) in [4.78, 5) is 8.91. The van der Waals surface area contributed by atoms with Gasteiger partial charge in [0, 0.05) is 26.3 Å². The number of rotatable bonds is 4. The Labute approximate surface area is 121 Å². The second-order valence-electron chi connectivity index (χ2n) is 5.01. The molecule has 21 heavy (non-hydrogen) atoms. The maximum Gasteiger partial charge on any atom is 0.451 e. The first kappa shape index (κ1) is 15.8. The maximum atomic E-state index is 12.9. The van der Waals surface area contributed by atoms with Gasteiger partial charge in [0.15, 0.2) is 0 Å². The van der Waals surface area contributed by atoms with Gasteiger partial charge in [0.25, 0.3) is 0 Å². The van der Waals surface area contributed by atoms with Gasteiger partial charge in [-0.1, -0.05) is 0 Å². The van der Waals surface area contributed by atoms with Crippen LogP contribution in [-0.4, -0.2) is 42.3 Å². The van der Waals surface area contributed by atoms with Crippen LogP contribution in [0.3, 0.4) is 0 Å². The number of nitrogens with one attached hydrogen (secondary N) is 1. The zero-order chi connectivity index (χ0) is 15.6. The van der Waals surface area contributed by atoms with Crippen molar-refractivity contribution in [3.05, 3.63) is 11.9 Å². The summed E-state index contributed by atoms with van der Waals surface area (Å²) in [6, 6.07) is 1.54. The molecule has 0 spiro atoms. The van der Waals surface area contributed by atoms with E-state index in [0.29, 0.717) is 13.2 Å². The summed E-state index contributed by atoms with van der Waals surface area (Å²) >= 11 is 0. The highest BCUT2D eigenvalue weighted by Crippen LogP contribution is 2.30. The minimum Gasteiger partial charge on any atom is -0.376 e. The fraction of sp³-hybridized carbons (Fsp3) is 0.692. The first-order chi connectivity index (χ1) is 9.82. The number of hydrogen-bond donors (Lipinski definition) is 1. The average Bonchev–Trinajstić information content (AvgIpc) is 2.83. The Balaban J connectivity index is 2.35. The molecule has 8 heteroatoms. The van der Waals surface area contributed by atoms with E-state index in [-0.39, 0.29) is 23.8 Å². The molecule has 1 aromatic heterocycles. The van der Waals surface area contributed by atoms with Gasteiger partial charge in [-0.3, -0.25) is 0 Å². The van der Waals surface area contributed by atoms with Gasteiger partial charge in [0.05, 0.1) is 12.1 Å². The van der Waals surface area contributed by atoms with Gasteiger partial charge in [-0.25, -0.2) is 9.97 Å². The van der Waals surface area contributed by atoms with Crippen LogP contribution in [0.1, 0.15) is 26.1 Å². The summed E-state index contributed by atoms with van der Waals surface area (Å²) in [5, 5.41) is 2.81. The number of aromatic nitrogens is 2. The number of nitrogens with zero attached hydrogens (tertiary/aromatic N) is 3. The molecule has 2 atom stereocenters. The molecule has 1 saturated heterocycles. The Morgan fingerprint density at radius 1 is 1.43 bits per heavy atom. The monoisotopic (exact) mass is 304 g/mol. The van der Waals surface area contributed by atoms with Gasteiger partial charge < -0.3 is 15.0 Å². The lowest BCUT2D eigenvalue weighted by atomic mass is 10.1. The van der Waals surface area contributed by atoms with Crippen molar-refractivity contribution in [2.24, 2.45) is 0 Å². The molecule has 1 aromatic rings. The SMILES string of the molecule is CCNc1cc(N(C)C2CCOC2C)nc(C(F)(F)F)n1. The van der Waals surface area contributed by atoms with E-state index in [1.165, 1.54) is 6.07 Å². The lowest BCUT2D eigenvalue weighted by molar-refractivity contribution is -0.144. The van der Waals surface area contributed by atoms with Gasteiger partial charge in [-0.2, -0.15) is 13.2 Å². The van der Waals surface area contributed by atoms with Crippen molar-refractivity contribution in [3.8, 4) is 0 Å². The van der Waals surface area contributed by atoms with Crippen LogP contribution in [-0.2, 0) is 10.9 Å². The van der Waals surface area contributed by atoms with Crippen LogP contribution >= 0.6 is 0 Å². The molecule has 0 aliphatic carbocycles. The topological polar surface area (TPSA) is 50.3 Å². The zero-order valence-electron chi connectivity index (χ0n) is 12.2. The molecule has 0 saturated carbocycles. The molecule has 118 valence electrons. The molecule has 0 aromatic carbocycles. The molecule has 0 bridgehead atoms. The fourth-order valence-corrected chi connectivity index (χ4v) is 2.41. The zero-order valence-corrected chi connectivity index (χ0v) is 12.2. The Morgan fingerprint density at radius 2 is 2.14 bits per heavy atom. The number of halogens is 3. The predicted molar refractivity (Wildman–Crippen MR) is 73.4 cm³/mol. The lowest BCUT2D eigenvalue weighted by Gasteiger charge is -2.28. The summed E-state index contributed by atoms with van der Waals surface area (Å²) in [7, 11) is 1.73. The van der Waals surface area contributed by atoms with Gasteiger partial charge in [-0.15, -0.1) is 0 Å². The normalized spacial score (nSPS) is 22.4. The van der Waals surface area contributed by atoms with Crippen LogP contribution in [0.5, 0.6) is 0 Å². The lowest BCUT2D eigenvalue weighted by Crippen LogP contribution is -2.37. The van der Waals surface area contributed by atoms with Crippen LogP contribution in [0.25, 0.3) is 0 Å². The molecular formula is C13H19F3N4O. The molecule has 1 N–H and O–H groups in total. The van der Waals surface area contributed by atoms with Gasteiger partial charge >= 0.3 is 6.18 Å². The predicted octanol–water partition coefficient (Wildman–Crippen LogP) is 2.54. The van der Waals surface area contributed by atoms with Crippen molar-refractivity contribution in [1.29, 1.82) is 0 Å². The van der Waals surface area contributed by atoms with Crippen LogP contribution in [0.4, 0.5) is 24.8 Å². The van der Waals surface area contributed by atoms with Crippen LogP contribution < -0.4 is 10.2 Å². The van der Waals surface area contributed by atoms with E-state index in [4.69, 9.17) is 4.74 Å². The summed E-state index contributed by atoms with van der Waals surface area (Å²) in [5.74, 6) is -0.710. The standard InChI is InChI=1S/C13H19F3N4O/c1-4-17-10-7-11(19-12(18-10)13(14,15)16)20(3)9-5-6-21-8(9)2/h7-9H,4-6H2,1-3H3,(H,17,18,19). The quantitative estimate of drug-likeness (QED) is 0.926. The van der Waals surface area contributed by atoms with E-state index in [1.807, 2.05) is 6.92 Å². The van der Waals surface area contributed by atoms with Crippen molar-refractivity contribution < 1.29 is 17.9 Å². The first-order valence-electron chi connectivity index (χ1n) is 6.87. The second kappa shape index (κ2) is 6.05. The third kappa shape index (κ3) is 3.55. The number of hydrogen-bond acceptors (Lipinski definition) is 5. The van der Waals surface area contributed by atoms with Crippen molar-refractivity contribution in [3.63, 3.8) is 0 Å². The molecule has 1 fully saturated rings. The summed E-state index contributed by atoms with van der Waals surface area (Å²) in [6.45, 7) is 4.80. The fourth-order valence-electron chi connectivity index (χ4n) is 2.41. The number of likely N-dealkylation sites (N-methyl/N-ethyl adjacent to an activating group) is 1. The first-order valence-corrected chi connectivity index (χ1v) is 6.87. The minimum atomic E-state index is -4.57. The number of alkyl halides is 3. The smallest absolute Gasteiger partial charge is 0.376 e. The maximum absolute atomic E-state index is 12.9. The van der Waals surface area contributed by atoms with E-state index in [2.05, 4.69) is 15.3 Å². The van der Waals surface area contributed by atoms with Crippen molar-refractivity contribution >= 4 is 11.6 Å². The number of ether oxygens (including phenoxy) is 1. The van der Waals surface area contributed by atoms with E-state index in [1.54, 1.807) is 18.9 Å². The van der Waals surface area contributed by atoms with Crippen molar-refractivity contribution in [2.45, 2.75) is 38.6 Å². The van der Waals surface area contributed by atoms with Crippen molar-refractivity contribution in [2.75, 3.05) is 30.4 Å². The van der Waals surface area contributed by atoms with Gasteiger partial charge in [0.2, 0.25) is 5.82 Å². The summed E-state index contributed by atoms with van der Waals surface area (Å²) in [5.41, 5.74) is 0. The largest absolute Gasteiger partial charge is 0.451 e. The molecule has 0 radical (unpaired) electrons. The molecule has 2 heterocycles. The highest BCUT2D eigenvalue weighted by molar-refractivity contribution is 5.50. The van der Waals surface area contributed by atoms with Gasteiger partial charge in [0.1, 0.15) is 11.6 Å². The Hall–Kier alpha value is -1.57. The van der Waals surface area contributed by atoms with Gasteiger partial charge in [-0.05, 0) is 20.3 Å². The van der Waals surface area contributed by atoms with E-state index in [0.717, 1.165) is 6.42 Å². The molecular weight excluding hydrogens is 285 g/mol. The molecule has 0 amide bonds. The Kier molecular flexibility index (Phi) is 4.55. The van der Waals surface area contributed by atoms with Crippen molar-refractivity contribution in [1.82, 2.24) is 9.97 Å². The molecule has 2 unspecified atom stereocenters. The highest BCUT2D eigenvalue weighted by Gasteiger charge is 2.37. The molecule has 1 aliphatic heterocycles. The molecule has 5 nitrogen and oxygen atoms in total. The van der Waals surface area contributed by atoms with Crippen LogP contribution in [0, 0.1) is 0 Å². The summed E-state index contributed by atoms with van der Waals surface area (Å²) in [6.07, 6.45) is -3.85. The van der Waals surface area contributed by atoms with Crippen LogP contribution in [0.2, 0.25) is 0 Å². The van der Waals surface area contributed by atoms with E-state index in [9.17, 15) is 13.2 Å². The second-order valence-corrected chi connectivity index (χ2v) is 5.01. The minimum absolute atomic E-state index is 0.00969.